The highest BCUT2D eigenvalue weighted by molar-refractivity contribution is 8.17. The van der Waals surface area contributed by atoms with Gasteiger partial charge in [-0.25, -0.2) is 0 Å². The summed E-state index contributed by atoms with van der Waals surface area (Å²) in [6.07, 6.45) is 2.34. The first-order chi connectivity index (χ1) is 10.3. The monoisotopic (exact) mass is 314 g/mol. The van der Waals surface area contributed by atoms with Gasteiger partial charge < -0.3 is 4.90 Å². The third kappa shape index (κ3) is 2.04. The molecule has 2 aliphatic rings. The van der Waals surface area contributed by atoms with Gasteiger partial charge in [-0.2, -0.15) is 0 Å². The van der Waals surface area contributed by atoms with Crippen molar-refractivity contribution in [1.29, 1.82) is 0 Å². The van der Waals surface area contributed by atoms with Gasteiger partial charge in [0.25, 0.3) is 0 Å². The molecule has 1 aromatic carbocycles. The van der Waals surface area contributed by atoms with Gasteiger partial charge in [-0.05, 0) is 29.7 Å². The van der Waals surface area contributed by atoms with Crippen molar-refractivity contribution in [3.8, 4) is 0 Å². The topological polar surface area (TPSA) is 15.6 Å². The lowest BCUT2D eigenvalue weighted by molar-refractivity contribution is 0.646. The van der Waals surface area contributed by atoms with E-state index < -0.39 is 0 Å². The van der Waals surface area contributed by atoms with Crippen LogP contribution in [0.3, 0.4) is 0 Å². The third-order valence-electron chi connectivity index (χ3n) is 4.08. The van der Waals surface area contributed by atoms with Gasteiger partial charge in [-0.1, -0.05) is 43.3 Å². The van der Waals surface area contributed by atoms with E-state index in [-0.39, 0.29) is 0 Å². The normalized spacial score (nSPS) is 17.8. The molecular weight excluding hydrogens is 296 g/mol. The van der Waals surface area contributed by atoms with Gasteiger partial charge in [-0.15, -0.1) is 11.3 Å². The predicted octanol–water partition coefficient (Wildman–Crippen LogP) is 5.10. The molecule has 0 radical (unpaired) electrons. The van der Waals surface area contributed by atoms with Crippen LogP contribution in [0.15, 0.2) is 33.5 Å². The van der Waals surface area contributed by atoms with Crippen LogP contribution in [0.2, 0.25) is 0 Å². The summed E-state index contributed by atoms with van der Waals surface area (Å²) in [6, 6.07) is 6.72. The molecule has 0 fully saturated rings. The van der Waals surface area contributed by atoms with E-state index in [0.717, 1.165) is 19.5 Å². The lowest BCUT2D eigenvalue weighted by Gasteiger charge is -2.18. The Morgan fingerprint density at radius 3 is 3.10 bits per heavy atom. The molecule has 1 aromatic heterocycles. The number of thioether (sulfide) groups is 1. The van der Waals surface area contributed by atoms with E-state index >= 15 is 0 Å². The first kappa shape index (κ1) is 13.4. The second-order valence-corrected chi connectivity index (χ2v) is 7.48. The minimum absolute atomic E-state index is 0.935. The second kappa shape index (κ2) is 5.18. The Bertz CT molecular complexity index is 770. The zero-order valence-electron chi connectivity index (χ0n) is 12.3. The maximum atomic E-state index is 4.66. The Hall–Kier alpha value is -1.26. The fraction of sp³-hybridized carbons (Fsp3) is 0.353. The van der Waals surface area contributed by atoms with Crippen LogP contribution in [-0.4, -0.2) is 23.2 Å². The number of aryl methyl sites for hydroxylation is 1. The molecule has 0 atom stereocenters. The molecule has 0 saturated heterocycles. The lowest BCUT2D eigenvalue weighted by Crippen LogP contribution is -2.20. The Morgan fingerprint density at radius 1 is 1.33 bits per heavy atom. The van der Waals surface area contributed by atoms with Crippen LogP contribution in [-0.2, 0) is 0 Å². The number of hydrogen-bond acceptors (Lipinski definition) is 4. The van der Waals surface area contributed by atoms with Gasteiger partial charge in [0.2, 0.25) is 0 Å². The van der Waals surface area contributed by atoms with E-state index in [4.69, 9.17) is 0 Å². The van der Waals surface area contributed by atoms with E-state index in [1.807, 2.05) is 23.1 Å². The Labute approximate surface area is 133 Å². The molecule has 2 nitrogen and oxygen atoms in total. The van der Waals surface area contributed by atoms with E-state index in [1.165, 1.54) is 43.4 Å². The third-order valence-corrected chi connectivity index (χ3v) is 6.40. The van der Waals surface area contributed by atoms with Crippen LogP contribution in [0.5, 0.6) is 0 Å². The SMILES string of the molecule is CCCC1=C(c2cccc3c(C)csc23)N2CCN=C2S1. The highest BCUT2D eigenvalue weighted by Gasteiger charge is 2.33. The number of fused-ring (bicyclic) bond motifs is 2. The van der Waals surface area contributed by atoms with Crippen molar-refractivity contribution >= 4 is 44.0 Å². The first-order valence-corrected chi connectivity index (χ1v) is 9.19. The number of rotatable bonds is 3. The molecule has 0 spiro atoms. The number of aliphatic imine (C=N–C) groups is 1. The van der Waals surface area contributed by atoms with Crippen molar-refractivity contribution in [2.24, 2.45) is 4.99 Å². The summed E-state index contributed by atoms with van der Waals surface area (Å²) in [6.45, 7) is 6.43. The highest BCUT2D eigenvalue weighted by atomic mass is 32.2. The number of nitrogens with zero attached hydrogens (tertiary/aromatic N) is 2. The standard InChI is InChI=1S/C17H18N2S2/c1-3-5-14-15(19-9-8-18-17(19)21-14)13-7-4-6-12-11(2)10-20-16(12)13/h4,6-7,10H,3,5,8-9H2,1-2H3. The maximum Gasteiger partial charge on any atom is 0.168 e. The Kier molecular flexibility index (Phi) is 3.31. The summed E-state index contributed by atoms with van der Waals surface area (Å²) in [7, 11) is 0. The smallest absolute Gasteiger partial charge is 0.168 e. The molecule has 21 heavy (non-hydrogen) atoms. The van der Waals surface area contributed by atoms with Crippen LogP contribution in [0.1, 0.15) is 30.9 Å². The molecule has 0 bridgehead atoms. The van der Waals surface area contributed by atoms with E-state index in [2.05, 4.69) is 47.3 Å². The number of hydrogen-bond donors (Lipinski definition) is 0. The van der Waals surface area contributed by atoms with Gasteiger partial charge in [0.15, 0.2) is 5.17 Å². The molecule has 0 unspecified atom stereocenters. The van der Waals surface area contributed by atoms with Crippen LogP contribution in [0.25, 0.3) is 15.8 Å². The molecule has 108 valence electrons. The molecule has 2 aliphatic heterocycles. The molecule has 0 saturated carbocycles. The van der Waals surface area contributed by atoms with Gasteiger partial charge >= 0.3 is 0 Å². The summed E-state index contributed by atoms with van der Waals surface area (Å²) in [5, 5.41) is 4.88. The van der Waals surface area contributed by atoms with Gasteiger partial charge in [0.05, 0.1) is 12.2 Å². The summed E-state index contributed by atoms with van der Waals surface area (Å²) in [4.78, 5) is 8.58. The lowest BCUT2D eigenvalue weighted by atomic mass is 10.1. The molecule has 2 aromatic rings. The molecule has 0 aliphatic carbocycles. The predicted molar refractivity (Wildman–Crippen MR) is 95.0 cm³/mol. The molecule has 0 amide bonds. The second-order valence-electron chi connectivity index (χ2n) is 5.54. The fourth-order valence-corrected chi connectivity index (χ4v) is 5.46. The summed E-state index contributed by atoms with van der Waals surface area (Å²) < 4.78 is 1.42. The highest BCUT2D eigenvalue weighted by Crippen LogP contribution is 2.46. The Balaban J connectivity index is 1.92. The summed E-state index contributed by atoms with van der Waals surface area (Å²) in [5.41, 5.74) is 4.20. The first-order valence-electron chi connectivity index (χ1n) is 7.49. The van der Waals surface area contributed by atoms with E-state index in [9.17, 15) is 0 Å². The van der Waals surface area contributed by atoms with Crippen LogP contribution < -0.4 is 0 Å². The molecule has 0 N–H and O–H groups in total. The minimum Gasteiger partial charge on any atom is -0.318 e. The number of thiophene rings is 1. The van der Waals surface area contributed by atoms with Gasteiger partial charge in [0.1, 0.15) is 0 Å². The average Bonchev–Trinajstić information content (AvgIpc) is 3.14. The fourth-order valence-electron chi connectivity index (χ4n) is 3.09. The van der Waals surface area contributed by atoms with E-state index in [0.29, 0.717) is 0 Å². The van der Waals surface area contributed by atoms with Crippen molar-refractivity contribution < 1.29 is 0 Å². The van der Waals surface area contributed by atoms with Crippen LogP contribution >= 0.6 is 23.1 Å². The van der Waals surface area contributed by atoms with Crippen LogP contribution in [0.4, 0.5) is 0 Å². The molecule has 4 rings (SSSR count). The van der Waals surface area contributed by atoms with Crippen molar-refractivity contribution in [2.45, 2.75) is 26.7 Å². The molecule has 4 heteroatoms. The number of benzene rings is 1. The zero-order valence-corrected chi connectivity index (χ0v) is 14.0. The van der Waals surface area contributed by atoms with Crippen molar-refractivity contribution in [3.63, 3.8) is 0 Å². The van der Waals surface area contributed by atoms with Crippen molar-refractivity contribution in [1.82, 2.24) is 4.90 Å². The zero-order chi connectivity index (χ0) is 14.4. The number of allylic oxidation sites excluding steroid dienone is 1. The Morgan fingerprint density at radius 2 is 2.24 bits per heavy atom. The molecule has 3 heterocycles. The quantitative estimate of drug-likeness (QED) is 0.783. The average molecular weight is 314 g/mol. The maximum absolute atomic E-state index is 4.66. The van der Waals surface area contributed by atoms with Gasteiger partial charge in [0, 0.05) is 21.7 Å². The number of amidine groups is 1. The summed E-state index contributed by atoms with van der Waals surface area (Å²) >= 11 is 3.76. The minimum atomic E-state index is 0.935. The summed E-state index contributed by atoms with van der Waals surface area (Å²) in [5.74, 6) is 0. The van der Waals surface area contributed by atoms with E-state index in [1.54, 1.807) is 0 Å². The largest absolute Gasteiger partial charge is 0.318 e. The van der Waals surface area contributed by atoms with Crippen molar-refractivity contribution in [2.75, 3.05) is 13.1 Å². The molecular formula is C17H18N2S2. The van der Waals surface area contributed by atoms with Gasteiger partial charge in [-0.3, -0.25) is 4.99 Å². The van der Waals surface area contributed by atoms with Crippen molar-refractivity contribution in [3.05, 3.63) is 39.6 Å². The van der Waals surface area contributed by atoms with Crippen LogP contribution in [0, 0.1) is 6.92 Å².